The Kier molecular flexibility index (Phi) is 4.76. The largest absolute Gasteiger partial charge is 0.444 e. The van der Waals surface area contributed by atoms with Gasteiger partial charge in [0, 0.05) is 36.1 Å². The number of hydrogen-bond donors (Lipinski definition) is 0. The molecule has 5 rings (SSSR count). The van der Waals surface area contributed by atoms with Gasteiger partial charge in [-0.25, -0.2) is 13.6 Å². The molecule has 0 radical (unpaired) electrons. The van der Waals surface area contributed by atoms with Crippen LogP contribution >= 0.6 is 0 Å². The molecule has 1 amide bonds. The quantitative estimate of drug-likeness (QED) is 0.556. The van der Waals surface area contributed by atoms with E-state index in [4.69, 9.17) is 9.26 Å². The van der Waals surface area contributed by atoms with E-state index < -0.39 is 36.5 Å². The number of para-hydroxylation sites is 1. The summed E-state index contributed by atoms with van der Waals surface area (Å²) in [5.74, 6) is -3.31. The molecule has 0 aliphatic carbocycles. The topological polar surface area (TPSA) is 73.4 Å². The number of likely N-dealkylation sites (tertiary alicyclic amines) is 1. The van der Waals surface area contributed by atoms with Crippen LogP contribution in [-0.2, 0) is 17.7 Å². The Labute approximate surface area is 184 Å². The number of fused-ring (bicyclic) bond motifs is 3. The summed E-state index contributed by atoms with van der Waals surface area (Å²) in [5.41, 5.74) is 2.39. The van der Waals surface area contributed by atoms with Crippen LogP contribution in [-0.4, -0.2) is 50.3 Å². The maximum absolute atomic E-state index is 14.5. The number of carbonyl (C=O) groups excluding carboxylic acids is 1. The van der Waals surface area contributed by atoms with E-state index in [0.717, 1.165) is 46.4 Å². The molecular formula is C23H26F2N4O3. The second-order valence-electron chi connectivity index (χ2n) is 9.67. The third kappa shape index (κ3) is 3.73. The normalized spacial score (nSPS) is 20.5. The van der Waals surface area contributed by atoms with Crippen LogP contribution in [0, 0.1) is 0 Å². The summed E-state index contributed by atoms with van der Waals surface area (Å²) in [6.45, 7) is 5.40. The van der Waals surface area contributed by atoms with Crippen LogP contribution in [0.4, 0.5) is 13.6 Å². The van der Waals surface area contributed by atoms with Gasteiger partial charge in [0.05, 0.1) is 18.0 Å². The molecule has 1 atom stereocenters. The molecule has 1 unspecified atom stereocenters. The lowest BCUT2D eigenvalue weighted by atomic mass is 9.95. The molecule has 1 fully saturated rings. The molecule has 170 valence electrons. The molecule has 1 saturated heterocycles. The molecule has 0 N–H and O–H groups in total. The molecule has 2 aromatic heterocycles. The molecule has 9 heteroatoms. The highest BCUT2D eigenvalue weighted by atomic mass is 19.3. The summed E-state index contributed by atoms with van der Waals surface area (Å²) >= 11 is 0. The lowest BCUT2D eigenvalue weighted by Gasteiger charge is -2.36. The van der Waals surface area contributed by atoms with Crippen LogP contribution in [0.1, 0.15) is 51.1 Å². The second kappa shape index (κ2) is 7.28. The van der Waals surface area contributed by atoms with Crippen LogP contribution in [0.3, 0.4) is 0 Å². The summed E-state index contributed by atoms with van der Waals surface area (Å²) in [5, 5.41) is 5.19. The first-order chi connectivity index (χ1) is 15.1. The average Bonchev–Trinajstić information content (AvgIpc) is 3.41. The number of alkyl halides is 2. The fourth-order valence-corrected chi connectivity index (χ4v) is 4.76. The standard InChI is InChI=1S/C23H26F2N4O3/c1-22(2,3)31-21(30)28-12-14(11-23(24,25)13-28)20-26-19(27-32-20)18-15-7-4-5-8-16(15)29-10-6-9-17(18)29/h4-5,7-8,14H,6,9-13H2,1-3H3. The minimum atomic E-state index is -3.07. The molecule has 4 heterocycles. The lowest BCUT2D eigenvalue weighted by molar-refractivity contribution is -0.0783. The lowest BCUT2D eigenvalue weighted by Crippen LogP contribution is -2.50. The van der Waals surface area contributed by atoms with Gasteiger partial charge in [-0.2, -0.15) is 4.98 Å². The molecule has 7 nitrogen and oxygen atoms in total. The number of carbonyl (C=O) groups is 1. The summed E-state index contributed by atoms with van der Waals surface area (Å²) < 4.78 is 42.1. The summed E-state index contributed by atoms with van der Waals surface area (Å²) in [6.07, 6.45) is 0.722. The number of halogens is 2. The van der Waals surface area contributed by atoms with Crippen LogP contribution in [0.5, 0.6) is 0 Å². The predicted molar refractivity (Wildman–Crippen MR) is 114 cm³/mol. The number of aryl methyl sites for hydroxylation is 1. The van der Waals surface area contributed by atoms with Gasteiger partial charge < -0.3 is 18.7 Å². The van der Waals surface area contributed by atoms with Gasteiger partial charge >= 0.3 is 6.09 Å². The van der Waals surface area contributed by atoms with Crippen molar-refractivity contribution in [1.29, 1.82) is 0 Å². The van der Waals surface area contributed by atoms with E-state index >= 15 is 0 Å². The minimum Gasteiger partial charge on any atom is -0.444 e. The van der Waals surface area contributed by atoms with Crippen molar-refractivity contribution in [2.45, 2.75) is 64.0 Å². The number of hydrogen-bond acceptors (Lipinski definition) is 5. The van der Waals surface area contributed by atoms with Crippen LogP contribution in [0.15, 0.2) is 28.8 Å². The first-order valence-corrected chi connectivity index (χ1v) is 10.9. The van der Waals surface area contributed by atoms with Crippen molar-refractivity contribution in [2.24, 2.45) is 0 Å². The highest BCUT2D eigenvalue weighted by Crippen LogP contribution is 2.40. The Morgan fingerprint density at radius 3 is 2.84 bits per heavy atom. The zero-order valence-electron chi connectivity index (χ0n) is 18.4. The fourth-order valence-electron chi connectivity index (χ4n) is 4.76. The summed E-state index contributed by atoms with van der Waals surface area (Å²) in [4.78, 5) is 18.0. The van der Waals surface area contributed by atoms with E-state index in [1.165, 1.54) is 0 Å². The number of piperidine rings is 1. The zero-order valence-corrected chi connectivity index (χ0v) is 18.4. The Balaban J connectivity index is 1.46. The van der Waals surface area contributed by atoms with Crippen molar-refractivity contribution >= 4 is 17.0 Å². The second-order valence-corrected chi connectivity index (χ2v) is 9.67. The van der Waals surface area contributed by atoms with Crippen molar-refractivity contribution < 1.29 is 22.8 Å². The van der Waals surface area contributed by atoms with Gasteiger partial charge in [-0.1, -0.05) is 23.4 Å². The molecule has 32 heavy (non-hydrogen) atoms. The van der Waals surface area contributed by atoms with E-state index in [9.17, 15) is 13.6 Å². The van der Waals surface area contributed by atoms with Gasteiger partial charge in [0.2, 0.25) is 11.7 Å². The maximum Gasteiger partial charge on any atom is 0.410 e. The third-order valence-electron chi connectivity index (χ3n) is 5.95. The number of amides is 1. The summed E-state index contributed by atoms with van der Waals surface area (Å²) in [7, 11) is 0. The van der Waals surface area contributed by atoms with Gasteiger partial charge in [0.25, 0.3) is 5.92 Å². The van der Waals surface area contributed by atoms with Gasteiger partial charge in [0.1, 0.15) is 5.60 Å². The predicted octanol–water partition coefficient (Wildman–Crippen LogP) is 5.00. The first kappa shape index (κ1) is 20.9. The van der Waals surface area contributed by atoms with Crippen LogP contribution in [0.2, 0.25) is 0 Å². The molecular weight excluding hydrogens is 418 g/mol. The molecule has 0 spiro atoms. The van der Waals surface area contributed by atoms with Crippen molar-refractivity contribution in [2.75, 3.05) is 13.1 Å². The fraction of sp³-hybridized carbons (Fsp3) is 0.522. The highest BCUT2D eigenvalue weighted by molar-refractivity contribution is 5.96. The monoisotopic (exact) mass is 444 g/mol. The molecule has 0 saturated carbocycles. The van der Waals surface area contributed by atoms with E-state index in [2.05, 4.69) is 20.8 Å². The molecule has 2 aliphatic rings. The molecule has 2 aliphatic heterocycles. The Morgan fingerprint density at radius 2 is 2.06 bits per heavy atom. The van der Waals surface area contributed by atoms with E-state index in [-0.39, 0.29) is 12.4 Å². The first-order valence-electron chi connectivity index (χ1n) is 10.9. The molecule has 0 bridgehead atoms. The molecule has 1 aromatic carbocycles. The Bertz CT molecular complexity index is 1180. The smallest absolute Gasteiger partial charge is 0.410 e. The van der Waals surface area contributed by atoms with Crippen molar-refractivity contribution in [3.05, 3.63) is 35.9 Å². The van der Waals surface area contributed by atoms with Crippen LogP contribution in [0.25, 0.3) is 22.3 Å². The van der Waals surface area contributed by atoms with E-state index in [1.54, 1.807) is 20.8 Å². The minimum absolute atomic E-state index is 0.0424. The SMILES string of the molecule is CC(C)(C)OC(=O)N1CC(c2nc(-c3c4n(c5ccccc35)CCC4)no2)CC(F)(F)C1. The average molecular weight is 444 g/mol. The van der Waals surface area contributed by atoms with E-state index in [0.29, 0.717) is 5.82 Å². The van der Waals surface area contributed by atoms with Gasteiger partial charge in [-0.05, 0) is 39.7 Å². The maximum atomic E-state index is 14.5. The molecule has 3 aromatic rings. The Hall–Kier alpha value is -2.97. The van der Waals surface area contributed by atoms with Crippen molar-refractivity contribution in [3.63, 3.8) is 0 Å². The van der Waals surface area contributed by atoms with Gasteiger partial charge in [-0.3, -0.25) is 0 Å². The number of ether oxygens (including phenoxy) is 1. The number of rotatable bonds is 2. The number of aromatic nitrogens is 3. The van der Waals surface area contributed by atoms with Gasteiger partial charge in [-0.15, -0.1) is 0 Å². The number of nitrogens with zero attached hydrogens (tertiary/aromatic N) is 4. The van der Waals surface area contributed by atoms with Crippen molar-refractivity contribution in [3.8, 4) is 11.4 Å². The van der Waals surface area contributed by atoms with E-state index in [1.807, 2.05) is 18.2 Å². The Morgan fingerprint density at radius 1 is 1.28 bits per heavy atom. The third-order valence-corrected chi connectivity index (χ3v) is 5.95. The van der Waals surface area contributed by atoms with Crippen molar-refractivity contribution in [1.82, 2.24) is 19.6 Å². The van der Waals surface area contributed by atoms with Crippen LogP contribution < -0.4 is 0 Å². The zero-order chi connectivity index (χ0) is 22.7. The summed E-state index contributed by atoms with van der Waals surface area (Å²) in [6, 6.07) is 8.04. The highest BCUT2D eigenvalue weighted by Gasteiger charge is 2.45. The van der Waals surface area contributed by atoms with Gasteiger partial charge in [0.15, 0.2) is 0 Å². The number of benzene rings is 1.